The Morgan fingerprint density at radius 1 is 1.13 bits per heavy atom. The number of halogens is 1. The molecule has 0 atom stereocenters. The van der Waals surface area contributed by atoms with Gasteiger partial charge < -0.3 is 14.4 Å². The van der Waals surface area contributed by atoms with E-state index in [-0.39, 0.29) is 37.0 Å². The summed E-state index contributed by atoms with van der Waals surface area (Å²) in [5, 5.41) is 0.360. The molecule has 1 amide bonds. The highest BCUT2D eigenvalue weighted by atomic mass is 35.5. The van der Waals surface area contributed by atoms with Gasteiger partial charge in [-0.05, 0) is 36.8 Å². The summed E-state index contributed by atoms with van der Waals surface area (Å²) in [5.74, 6) is 0.842. The maximum absolute atomic E-state index is 13.1. The van der Waals surface area contributed by atoms with Crippen molar-refractivity contribution in [3.63, 3.8) is 0 Å². The monoisotopic (exact) mass is 464 g/mol. The van der Waals surface area contributed by atoms with Gasteiger partial charge in [-0.1, -0.05) is 23.7 Å². The number of carbonyl (C=O) groups is 1. The maximum atomic E-state index is 13.1. The number of carbonyl (C=O) groups excluding carboxylic acids is 1. The van der Waals surface area contributed by atoms with Crippen molar-refractivity contribution in [1.82, 2.24) is 9.21 Å². The molecule has 0 radical (unpaired) electrons. The number of rotatable bonds is 7. The first kappa shape index (κ1) is 23.1. The van der Waals surface area contributed by atoms with Crippen LogP contribution in [0.4, 0.5) is 0 Å². The Bertz CT molecular complexity index is 1080. The summed E-state index contributed by atoms with van der Waals surface area (Å²) in [6.45, 7) is 4.72. The Labute approximate surface area is 187 Å². The van der Waals surface area contributed by atoms with E-state index in [1.54, 1.807) is 42.4 Å². The number of allylic oxidation sites excluding steroid dienone is 1. The van der Waals surface area contributed by atoms with E-state index < -0.39 is 10.0 Å². The minimum Gasteiger partial charge on any atom is -0.493 e. The van der Waals surface area contributed by atoms with Crippen molar-refractivity contribution in [3.8, 4) is 11.5 Å². The minimum atomic E-state index is -3.67. The fraction of sp³-hybridized carbons (Fsp3) is 0.318. The standard InChI is InChI=1S/C22H25ClN2O5S/c1-4-6-16-13-17(14-20(29-2)21(16)30-3)22(26)24-9-11-25(12-10-24)31(27,28)19-8-5-7-18(23)15-19/h4-5,7-8,13-15H,1,6,9-12H2,2-3H3. The fourth-order valence-corrected chi connectivity index (χ4v) is 5.29. The van der Waals surface area contributed by atoms with Gasteiger partial charge in [0, 0.05) is 42.3 Å². The third kappa shape index (κ3) is 4.87. The number of amides is 1. The molecule has 31 heavy (non-hydrogen) atoms. The van der Waals surface area contributed by atoms with Crippen LogP contribution >= 0.6 is 11.6 Å². The van der Waals surface area contributed by atoms with Crippen LogP contribution in [0.1, 0.15) is 15.9 Å². The summed E-state index contributed by atoms with van der Waals surface area (Å²) < 4.78 is 38.0. The average Bonchev–Trinajstić information content (AvgIpc) is 2.78. The van der Waals surface area contributed by atoms with Crippen LogP contribution in [0.5, 0.6) is 11.5 Å². The van der Waals surface area contributed by atoms with Crippen molar-refractivity contribution in [3.05, 3.63) is 65.2 Å². The largest absolute Gasteiger partial charge is 0.493 e. The van der Waals surface area contributed by atoms with Crippen LogP contribution in [0, 0.1) is 0 Å². The molecular formula is C22H25ClN2O5S. The predicted octanol–water partition coefficient (Wildman–Crippen LogP) is 3.23. The first-order valence-corrected chi connectivity index (χ1v) is 11.5. The smallest absolute Gasteiger partial charge is 0.254 e. The van der Waals surface area contributed by atoms with Crippen molar-refractivity contribution in [2.45, 2.75) is 11.3 Å². The summed E-state index contributed by atoms with van der Waals surface area (Å²) in [7, 11) is -0.604. The molecule has 1 aliphatic rings. The van der Waals surface area contributed by atoms with E-state index in [0.29, 0.717) is 28.5 Å². The summed E-state index contributed by atoms with van der Waals surface area (Å²) in [6, 6.07) is 9.58. The van der Waals surface area contributed by atoms with Gasteiger partial charge in [-0.2, -0.15) is 4.31 Å². The minimum absolute atomic E-state index is 0.147. The van der Waals surface area contributed by atoms with Gasteiger partial charge in [-0.15, -0.1) is 6.58 Å². The van der Waals surface area contributed by atoms with Crippen molar-refractivity contribution in [2.75, 3.05) is 40.4 Å². The van der Waals surface area contributed by atoms with Gasteiger partial charge in [0.25, 0.3) is 5.91 Å². The third-order valence-electron chi connectivity index (χ3n) is 5.13. The summed E-state index contributed by atoms with van der Waals surface area (Å²) in [5.41, 5.74) is 1.25. The summed E-state index contributed by atoms with van der Waals surface area (Å²) in [4.78, 5) is 14.9. The van der Waals surface area contributed by atoms with Crippen LogP contribution in [-0.2, 0) is 16.4 Å². The third-order valence-corrected chi connectivity index (χ3v) is 7.26. The van der Waals surface area contributed by atoms with Crippen molar-refractivity contribution in [1.29, 1.82) is 0 Å². The van der Waals surface area contributed by atoms with Crippen LogP contribution in [-0.4, -0.2) is 63.9 Å². The average molecular weight is 465 g/mol. The number of piperazine rings is 1. The van der Waals surface area contributed by atoms with E-state index in [4.69, 9.17) is 21.1 Å². The van der Waals surface area contributed by atoms with Gasteiger partial charge in [-0.3, -0.25) is 4.79 Å². The molecule has 2 aromatic rings. The van der Waals surface area contributed by atoms with E-state index in [1.807, 2.05) is 0 Å². The van der Waals surface area contributed by atoms with Gasteiger partial charge in [0.05, 0.1) is 19.1 Å². The van der Waals surface area contributed by atoms with E-state index >= 15 is 0 Å². The van der Waals surface area contributed by atoms with Crippen molar-refractivity contribution < 1.29 is 22.7 Å². The zero-order chi connectivity index (χ0) is 22.6. The quantitative estimate of drug-likeness (QED) is 0.588. The number of hydrogen-bond donors (Lipinski definition) is 0. The molecule has 9 heteroatoms. The number of hydrogen-bond acceptors (Lipinski definition) is 5. The highest BCUT2D eigenvalue weighted by Crippen LogP contribution is 2.34. The molecule has 0 aromatic heterocycles. The Balaban J connectivity index is 1.77. The van der Waals surface area contributed by atoms with Gasteiger partial charge in [0.2, 0.25) is 10.0 Å². The van der Waals surface area contributed by atoms with Gasteiger partial charge in [-0.25, -0.2) is 8.42 Å². The number of methoxy groups -OCH3 is 2. The predicted molar refractivity (Wildman–Crippen MR) is 120 cm³/mol. The highest BCUT2D eigenvalue weighted by Gasteiger charge is 2.31. The molecular weight excluding hydrogens is 440 g/mol. The Morgan fingerprint density at radius 3 is 2.42 bits per heavy atom. The molecule has 2 aromatic carbocycles. The SMILES string of the molecule is C=CCc1cc(C(=O)N2CCN(S(=O)(=O)c3cccc(Cl)c3)CC2)cc(OC)c1OC. The van der Waals surface area contributed by atoms with E-state index in [0.717, 1.165) is 5.56 Å². The number of benzene rings is 2. The first-order chi connectivity index (χ1) is 14.8. The Kier molecular flexibility index (Phi) is 7.25. The van der Waals surface area contributed by atoms with Crippen LogP contribution in [0.3, 0.4) is 0 Å². The lowest BCUT2D eigenvalue weighted by atomic mass is 10.0. The molecule has 0 N–H and O–H groups in total. The number of nitrogens with zero attached hydrogens (tertiary/aromatic N) is 2. The van der Waals surface area contributed by atoms with Gasteiger partial charge in [0.15, 0.2) is 11.5 Å². The molecule has 7 nitrogen and oxygen atoms in total. The second-order valence-corrected chi connectivity index (χ2v) is 9.39. The van der Waals surface area contributed by atoms with E-state index in [1.165, 1.54) is 23.5 Å². The highest BCUT2D eigenvalue weighted by molar-refractivity contribution is 7.89. The Morgan fingerprint density at radius 2 is 1.84 bits per heavy atom. The van der Waals surface area contributed by atoms with Crippen molar-refractivity contribution in [2.24, 2.45) is 0 Å². The first-order valence-electron chi connectivity index (χ1n) is 9.72. The van der Waals surface area contributed by atoms with Crippen LogP contribution in [0.2, 0.25) is 5.02 Å². The topological polar surface area (TPSA) is 76.2 Å². The zero-order valence-electron chi connectivity index (χ0n) is 17.5. The molecule has 1 aliphatic heterocycles. The molecule has 0 unspecified atom stereocenters. The summed E-state index contributed by atoms with van der Waals surface area (Å²) >= 11 is 5.94. The normalized spacial score (nSPS) is 14.9. The Hall–Kier alpha value is -2.55. The van der Waals surface area contributed by atoms with Crippen LogP contribution < -0.4 is 9.47 Å². The molecule has 1 saturated heterocycles. The van der Waals surface area contributed by atoms with Gasteiger partial charge >= 0.3 is 0 Å². The number of ether oxygens (including phenoxy) is 2. The zero-order valence-corrected chi connectivity index (χ0v) is 19.1. The molecule has 0 spiro atoms. The second-order valence-electron chi connectivity index (χ2n) is 7.02. The lowest BCUT2D eigenvalue weighted by molar-refractivity contribution is 0.0697. The lowest BCUT2D eigenvalue weighted by Crippen LogP contribution is -2.50. The molecule has 0 aliphatic carbocycles. The van der Waals surface area contributed by atoms with E-state index in [9.17, 15) is 13.2 Å². The van der Waals surface area contributed by atoms with Crippen molar-refractivity contribution >= 4 is 27.5 Å². The molecule has 1 heterocycles. The van der Waals surface area contributed by atoms with Crippen LogP contribution in [0.25, 0.3) is 0 Å². The molecule has 1 fully saturated rings. The summed E-state index contributed by atoms with van der Waals surface area (Å²) in [6.07, 6.45) is 2.25. The lowest BCUT2D eigenvalue weighted by Gasteiger charge is -2.34. The van der Waals surface area contributed by atoms with Crippen LogP contribution in [0.15, 0.2) is 53.9 Å². The molecule has 166 valence electrons. The molecule has 0 bridgehead atoms. The van der Waals surface area contributed by atoms with E-state index in [2.05, 4.69) is 6.58 Å². The molecule has 0 saturated carbocycles. The number of sulfonamides is 1. The van der Waals surface area contributed by atoms with Gasteiger partial charge in [0.1, 0.15) is 0 Å². The molecule has 3 rings (SSSR count). The fourth-order valence-electron chi connectivity index (χ4n) is 3.56. The maximum Gasteiger partial charge on any atom is 0.254 e. The second kappa shape index (κ2) is 9.72.